The van der Waals surface area contributed by atoms with E-state index in [1.54, 1.807) is 12.1 Å². The van der Waals surface area contributed by atoms with Crippen molar-refractivity contribution >= 4 is 0 Å². The first kappa shape index (κ1) is 14.0. The second-order valence-electron chi connectivity index (χ2n) is 4.79. The van der Waals surface area contributed by atoms with Crippen LogP contribution in [0.5, 0.6) is 5.75 Å². The van der Waals surface area contributed by atoms with E-state index < -0.39 is 0 Å². The average Bonchev–Trinajstić information content (AvgIpc) is 2.36. The maximum atomic E-state index is 12.7. The summed E-state index contributed by atoms with van der Waals surface area (Å²) in [6.45, 7) is 7.42. The molecule has 96 valence electrons. The van der Waals surface area contributed by atoms with Gasteiger partial charge in [0.25, 0.3) is 0 Å². The van der Waals surface area contributed by atoms with Crippen molar-refractivity contribution in [2.45, 2.75) is 40.0 Å². The van der Waals surface area contributed by atoms with Crippen molar-refractivity contribution in [2.75, 3.05) is 6.61 Å². The lowest BCUT2D eigenvalue weighted by molar-refractivity contribution is 0.217. The average molecular weight is 238 g/mol. The molecule has 0 saturated carbocycles. The minimum Gasteiger partial charge on any atom is -0.493 e. The van der Waals surface area contributed by atoms with Crippen LogP contribution in [0.2, 0.25) is 0 Å². The van der Waals surface area contributed by atoms with Crippen molar-refractivity contribution in [1.82, 2.24) is 0 Å². The second kappa shape index (κ2) is 7.31. The summed E-state index contributed by atoms with van der Waals surface area (Å²) in [5.41, 5.74) is 0. The van der Waals surface area contributed by atoms with Gasteiger partial charge in [-0.25, -0.2) is 4.39 Å². The van der Waals surface area contributed by atoms with E-state index in [-0.39, 0.29) is 5.82 Å². The van der Waals surface area contributed by atoms with E-state index in [2.05, 4.69) is 20.8 Å². The zero-order chi connectivity index (χ0) is 12.7. The molecule has 0 spiro atoms. The van der Waals surface area contributed by atoms with Gasteiger partial charge in [0.15, 0.2) is 0 Å². The molecule has 0 saturated heterocycles. The van der Waals surface area contributed by atoms with Gasteiger partial charge in [-0.15, -0.1) is 0 Å². The van der Waals surface area contributed by atoms with Crippen LogP contribution >= 0.6 is 0 Å². The summed E-state index contributed by atoms with van der Waals surface area (Å²) < 4.78 is 18.4. The number of rotatable bonds is 7. The van der Waals surface area contributed by atoms with Crippen LogP contribution in [0.4, 0.5) is 4.39 Å². The predicted molar refractivity (Wildman–Crippen MR) is 69.7 cm³/mol. The van der Waals surface area contributed by atoms with Crippen molar-refractivity contribution in [3.05, 3.63) is 30.1 Å². The van der Waals surface area contributed by atoms with Gasteiger partial charge >= 0.3 is 0 Å². The Kier molecular flexibility index (Phi) is 6.03. The molecule has 0 aromatic heterocycles. The summed E-state index contributed by atoms with van der Waals surface area (Å²) in [5.74, 6) is 1.88. The molecule has 1 aromatic carbocycles. The first-order valence-electron chi connectivity index (χ1n) is 6.54. The van der Waals surface area contributed by atoms with E-state index in [4.69, 9.17) is 4.74 Å². The molecule has 1 aromatic rings. The minimum atomic E-state index is -0.219. The third-order valence-corrected chi connectivity index (χ3v) is 3.31. The van der Waals surface area contributed by atoms with Crippen LogP contribution in [0.25, 0.3) is 0 Å². The number of ether oxygens (including phenoxy) is 1. The largest absolute Gasteiger partial charge is 0.493 e. The molecule has 0 aliphatic heterocycles. The first-order valence-corrected chi connectivity index (χ1v) is 6.54. The number of hydrogen-bond donors (Lipinski definition) is 0. The predicted octanol–water partition coefficient (Wildman–Crippen LogP) is 4.67. The lowest BCUT2D eigenvalue weighted by atomic mass is 9.93. The van der Waals surface area contributed by atoms with Crippen molar-refractivity contribution in [2.24, 2.45) is 11.8 Å². The van der Waals surface area contributed by atoms with Gasteiger partial charge in [-0.05, 0) is 42.5 Å². The van der Waals surface area contributed by atoms with Gasteiger partial charge in [0.05, 0.1) is 6.61 Å². The zero-order valence-electron chi connectivity index (χ0n) is 11.1. The Bertz CT molecular complexity index is 307. The SMILES string of the molecule is CCC(C)CC(CC)COc1ccc(F)cc1. The highest BCUT2D eigenvalue weighted by Gasteiger charge is 2.11. The fourth-order valence-electron chi connectivity index (χ4n) is 1.83. The van der Waals surface area contributed by atoms with Gasteiger partial charge in [-0.1, -0.05) is 33.6 Å². The third kappa shape index (κ3) is 5.20. The maximum Gasteiger partial charge on any atom is 0.123 e. The van der Waals surface area contributed by atoms with Gasteiger partial charge in [0, 0.05) is 0 Å². The fourth-order valence-corrected chi connectivity index (χ4v) is 1.83. The maximum absolute atomic E-state index is 12.7. The van der Waals surface area contributed by atoms with Gasteiger partial charge in [-0.2, -0.15) is 0 Å². The molecule has 0 fully saturated rings. The van der Waals surface area contributed by atoms with Crippen molar-refractivity contribution < 1.29 is 9.13 Å². The lowest BCUT2D eigenvalue weighted by Crippen LogP contribution is -2.14. The normalized spacial score (nSPS) is 14.4. The molecule has 0 amide bonds. The van der Waals surface area contributed by atoms with E-state index in [0.717, 1.165) is 24.7 Å². The Balaban J connectivity index is 2.39. The quantitative estimate of drug-likeness (QED) is 0.671. The molecule has 1 rings (SSSR count). The summed E-state index contributed by atoms with van der Waals surface area (Å²) >= 11 is 0. The minimum absolute atomic E-state index is 0.219. The van der Waals surface area contributed by atoms with E-state index in [1.807, 2.05) is 0 Å². The summed E-state index contributed by atoms with van der Waals surface area (Å²) in [6.07, 6.45) is 3.55. The molecular formula is C15H23FO. The molecule has 0 bridgehead atoms. The van der Waals surface area contributed by atoms with Crippen LogP contribution in [0.3, 0.4) is 0 Å². The lowest BCUT2D eigenvalue weighted by Gasteiger charge is -2.19. The van der Waals surface area contributed by atoms with Gasteiger partial charge < -0.3 is 4.74 Å². The summed E-state index contributed by atoms with van der Waals surface area (Å²) in [5, 5.41) is 0. The van der Waals surface area contributed by atoms with Crippen molar-refractivity contribution in [3.8, 4) is 5.75 Å². The molecule has 0 aliphatic rings. The highest BCUT2D eigenvalue weighted by atomic mass is 19.1. The van der Waals surface area contributed by atoms with Gasteiger partial charge in [0.1, 0.15) is 11.6 Å². The van der Waals surface area contributed by atoms with Gasteiger partial charge in [0.2, 0.25) is 0 Å². The van der Waals surface area contributed by atoms with Crippen LogP contribution in [-0.2, 0) is 0 Å². The highest BCUT2D eigenvalue weighted by Crippen LogP contribution is 2.20. The molecule has 17 heavy (non-hydrogen) atoms. The molecule has 0 heterocycles. The molecule has 0 radical (unpaired) electrons. The Morgan fingerprint density at radius 1 is 1.12 bits per heavy atom. The van der Waals surface area contributed by atoms with Crippen LogP contribution in [-0.4, -0.2) is 6.61 Å². The molecule has 2 heteroatoms. The van der Waals surface area contributed by atoms with Crippen LogP contribution in [0, 0.1) is 17.7 Å². The fraction of sp³-hybridized carbons (Fsp3) is 0.600. The zero-order valence-corrected chi connectivity index (χ0v) is 11.1. The summed E-state index contributed by atoms with van der Waals surface area (Å²) in [7, 11) is 0. The first-order chi connectivity index (χ1) is 8.15. The Morgan fingerprint density at radius 2 is 1.76 bits per heavy atom. The molecule has 1 nitrogen and oxygen atoms in total. The molecule has 2 unspecified atom stereocenters. The van der Waals surface area contributed by atoms with E-state index in [1.165, 1.54) is 25.0 Å². The standard InChI is InChI=1S/C15H23FO/c1-4-12(3)10-13(5-2)11-17-15-8-6-14(16)7-9-15/h6-9,12-13H,4-5,10-11H2,1-3H3. The number of hydrogen-bond acceptors (Lipinski definition) is 1. The summed E-state index contributed by atoms with van der Waals surface area (Å²) in [6, 6.07) is 6.24. The third-order valence-electron chi connectivity index (χ3n) is 3.31. The highest BCUT2D eigenvalue weighted by molar-refractivity contribution is 5.21. The van der Waals surface area contributed by atoms with Crippen LogP contribution in [0.15, 0.2) is 24.3 Å². The van der Waals surface area contributed by atoms with E-state index >= 15 is 0 Å². The Labute approximate surface area is 104 Å². The van der Waals surface area contributed by atoms with E-state index in [9.17, 15) is 4.39 Å². The molecule has 0 aliphatic carbocycles. The number of benzene rings is 1. The second-order valence-corrected chi connectivity index (χ2v) is 4.79. The number of halogens is 1. The van der Waals surface area contributed by atoms with Crippen LogP contribution in [0.1, 0.15) is 40.0 Å². The van der Waals surface area contributed by atoms with Crippen LogP contribution < -0.4 is 4.74 Å². The van der Waals surface area contributed by atoms with Crippen molar-refractivity contribution in [3.63, 3.8) is 0 Å². The topological polar surface area (TPSA) is 9.23 Å². The Morgan fingerprint density at radius 3 is 2.29 bits per heavy atom. The Hall–Kier alpha value is -1.05. The molecular weight excluding hydrogens is 215 g/mol. The monoisotopic (exact) mass is 238 g/mol. The molecule has 0 N–H and O–H groups in total. The van der Waals surface area contributed by atoms with Crippen molar-refractivity contribution in [1.29, 1.82) is 0 Å². The summed E-state index contributed by atoms with van der Waals surface area (Å²) in [4.78, 5) is 0. The smallest absolute Gasteiger partial charge is 0.123 e. The molecule has 2 atom stereocenters. The van der Waals surface area contributed by atoms with Gasteiger partial charge in [-0.3, -0.25) is 0 Å². The van der Waals surface area contributed by atoms with E-state index in [0.29, 0.717) is 5.92 Å².